The molecule has 0 saturated carbocycles. The fraction of sp³-hybridized carbons (Fsp3) is 0.462. The summed E-state index contributed by atoms with van der Waals surface area (Å²) in [6.07, 6.45) is 0.811. The number of aryl methyl sites for hydroxylation is 1. The molecule has 0 aromatic heterocycles. The minimum Gasteiger partial charge on any atom is -0.398 e. The van der Waals surface area contributed by atoms with Crippen LogP contribution in [-0.4, -0.2) is 25.7 Å². The van der Waals surface area contributed by atoms with Crippen molar-refractivity contribution in [1.29, 1.82) is 0 Å². The average molecular weight is 236 g/mol. The molecule has 0 aliphatic rings. The second kappa shape index (κ2) is 6.91. The largest absolute Gasteiger partial charge is 0.398 e. The van der Waals surface area contributed by atoms with Gasteiger partial charge in [-0.1, -0.05) is 6.07 Å². The highest BCUT2D eigenvalue weighted by Crippen LogP contribution is 2.13. The van der Waals surface area contributed by atoms with Crippen LogP contribution in [0.15, 0.2) is 18.2 Å². The molecule has 4 nitrogen and oxygen atoms in total. The van der Waals surface area contributed by atoms with Gasteiger partial charge in [-0.05, 0) is 38.0 Å². The smallest absolute Gasteiger partial charge is 0.253 e. The van der Waals surface area contributed by atoms with E-state index in [9.17, 15) is 4.79 Å². The van der Waals surface area contributed by atoms with Crippen molar-refractivity contribution in [3.63, 3.8) is 0 Å². The predicted octanol–water partition coefficient (Wildman–Crippen LogP) is 1.73. The lowest BCUT2D eigenvalue weighted by atomic mass is 10.1. The molecule has 1 amide bonds. The van der Waals surface area contributed by atoms with Crippen LogP contribution in [0.4, 0.5) is 5.69 Å². The van der Waals surface area contributed by atoms with Gasteiger partial charge in [0, 0.05) is 25.4 Å². The van der Waals surface area contributed by atoms with Gasteiger partial charge in [0.05, 0.1) is 5.56 Å². The molecule has 4 heteroatoms. The van der Waals surface area contributed by atoms with Gasteiger partial charge >= 0.3 is 0 Å². The summed E-state index contributed by atoms with van der Waals surface area (Å²) < 4.78 is 5.18. The molecule has 0 heterocycles. The summed E-state index contributed by atoms with van der Waals surface area (Å²) in [4.78, 5) is 11.8. The van der Waals surface area contributed by atoms with E-state index in [4.69, 9.17) is 10.5 Å². The summed E-state index contributed by atoms with van der Waals surface area (Å²) in [5.74, 6) is -0.126. The Morgan fingerprint density at radius 1 is 1.47 bits per heavy atom. The quantitative estimate of drug-likeness (QED) is 0.584. The molecule has 1 rings (SSSR count). The highest BCUT2D eigenvalue weighted by Gasteiger charge is 2.08. The molecule has 0 fully saturated rings. The first kappa shape index (κ1) is 13.5. The Bertz CT molecular complexity index is 378. The molecule has 1 aromatic rings. The van der Waals surface area contributed by atoms with Crippen molar-refractivity contribution >= 4 is 11.6 Å². The van der Waals surface area contributed by atoms with E-state index in [1.54, 1.807) is 12.1 Å². The van der Waals surface area contributed by atoms with Crippen LogP contribution in [-0.2, 0) is 4.74 Å². The van der Waals surface area contributed by atoms with Crippen molar-refractivity contribution < 1.29 is 9.53 Å². The topological polar surface area (TPSA) is 64.3 Å². The van der Waals surface area contributed by atoms with Crippen LogP contribution in [0.5, 0.6) is 0 Å². The van der Waals surface area contributed by atoms with Crippen LogP contribution < -0.4 is 11.1 Å². The maximum Gasteiger partial charge on any atom is 0.253 e. The maximum absolute atomic E-state index is 11.8. The summed E-state index contributed by atoms with van der Waals surface area (Å²) in [6, 6.07) is 5.43. The third kappa shape index (κ3) is 4.44. The van der Waals surface area contributed by atoms with Crippen molar-refractivity contribution in [3.8, 4) is 0 Å². The first-order chi connectivity index (χ1) is 8.15. The number of nitrogens with two attached hydrogens (primary N) is 1. The molecule has 0 radical (unpaired) electrons. The average Bonchev–Trinajstić information content (AvgIpc) is 2.28. The second-order valence-corrected chi connectivity index (χ2v) is 3.90. The Kier molecular flexibility index (Phi) is 5.49. The number of nitrogen functional groups attached to an aromatic ring is 1. The lowest BCUT2D eigenvalue weighted by Gasteiger charge is -2.08. The van der Waals surface area contributed by atoms with Gasteiger partial charge in [0.2, 0.25) is 0 Å². The lowest BCUT2D eigenvalue weighted by molar-refractivity contribution is 0.0945. The van der Waals surface area contributed by atoms with Crippen LogP contribution >= 0.6 is 0 Å². The molecular formula is C13H20N2O2. The summed E-state index contributed by atoms with van der Waals surface area (Å²) in [6.45, 7) is 5.87. The minimum atomic E-state index is -0.126. The monoisotopic (exact) mass is 236 g/mol. The van der Waals surface area contributed by atoms with E-state index in [0.29, 0.717) is 31.0 Å². The SMILES string of the molecule is CCOCCCNC(=O)c1ccc(C)cc1N. The molecule has 1 aromatic carbocycles. The highest BCUT2D eigenvalue weighted by molar-refractivity contribution is 5.99. The van der Waals surface area contributed by atoms with Crippen molar-refractivity contribution in [2.45, 2.75) is 20.3 Å². The Morgan fingerprint density at radius 2 is 2.24 bits per heavy atom. The van der Waals surface area contributed by atoms with Gasteiger partial charge in [0.25, 0.3) is 5.91 Å². The molecule has 0 unspecified atom stereocenters. The first-order valence-electron chi connectivity index (χ1n) is 5.87. The number of hydrogen-bond acceptors (Lipinski definition) is 3. The zero-order valence-corrected chi connectivity index (χ0v) is 10.5. The number of hydrogen-bond donors (Lipinski definition) is 2. The van der Waals surface area contributed by atoms with Crippen LogP contribution in [0.2, 0.25) is 0 Å². The van der Waals surface area contributed by atoms with Crippen molar-refractivity contribution in [1.82, 2.24) is 5.32 Å². The van der Waals surface area contributed by atoms with E-state index in [1.807, 2.05) is 19.9 Å². The van der Waals surface area contributed by atoms with Gasteiger partial charge in [-0.3, -0.25) is 4.79 Å². The molecule has 17 heavy (non-hydrogen) atoms. The molecule has 0 aliphatic carbocycles. The number of nitrogens with one attached hydrogen (secondary N) is 1. The molecule has 0 bridgehead atoms. The van der Waals surface area contributed by atoms with Gasteiger partial charge in [-0.15, -0.1) is 0 Å². The molecule has 94 valence electrons. The van der Waals surface area contributed by atoms with E-state index in [2.05, 4.69) is 5.32 Å². The van der Waals surface area contributed by atoms with E-state index in [1.165, 1.54) is 0 Å². The number of ether oxygens (including phenoxy) is 1. The lowest BCUT2D eigenvalue weighted by Crippen LogP contribution is -2.26. The normalized spacial score (nSPS) is 10.2. The fourth-order valence-electron chi connectivity index (χ4n) is 1.50. The van der Waals surface area contributed by atoms with E-state index >= 15 is 0 Å². The number of rotatable bonds is 6. The molecule has 0 atom stereocenters. The Labute approximate surface area is 102 Å². The minimum absolute atomic E-state index is 0.126. The molecule has 3 N–H and O–H groups in total. The zero-order valence-electron chi connectivity index (χ0n) is 10.5. The number of anilines is 1. The van der Waals surface area contributed by atoms with Gasteiger partial charge in [-0.2, -0.15) is 0 Å². The van der Waals surface area contributed by atoms with Gasteiger partial charge in [0.1, 0.15) is 0 Å². The Morgan fingerprint density at radius 3 is 2.88 bits per heavy atom. The van der Waals surface area contributed by atoms with Crippen LogP contribution in [0.25, 0.3) is 0 Å². The van der Waals surface area contributed by atoms with Crippen molar-refractivity contribution in [2.24, 2.45) is 0 Å². The van der Waals surface area contributed by atoms with Gasteiger partial charge in [-0.25, -0.2) is 0 Å². The summed E-state index contributed by atoms with van der Waals surface area (Å²) in [5.41, 5.74) is 7.89. The van der Waals surface area contributed by atoms with E-state index in [0.717, 1.165) is 12.0 Å². The third-order valence-electron chi connectivity index (χ3n) is 2.41. The van der Waals surface area contributed by atoms with Gasteiger partial charge < -0.3 is 15.8 Å². The Hall–Kier alpha value is -1.55. The van der Waals surface area contributed by atoms with Crippen LogP contribution in [0, 0.1) is 6.92 Å². The third-order valence-corrected chi connectivity index (χ3v) is 2.41. The summed E-state index contributed by atoms with van der Waals surface area (Å²) in [7, 11) is 0. The first-order valence-corrected chi connectivity index (χ1v) is 5.87. The number of benzene rings is 1. The predicted molar refractivity (Wildman–Crippen MR) is 69.0 cm³/mol. The zero-order chi connectivity index (χ0) is 12.7. The Balaban J connectivity index is 2.42. The number of carbonyl (C=O) groups excluding carboxylic acids is 1. The van der Waals surface area contributed by atoms with Crippen molar-refractivity contribution in [2.75, 3.05) is 25.5 Å². The van der Waals surface area contributed by atoms with Crippen molar-refractivity contribution in [3.05, 3.63) is 29.3 Å². The van der Waals surface area contributed by atoms with Crippen LogP contribution in [0.3, 0.4) is 0 Å². The fourth-order valence-corrected chi connectivity index (χ4v) is 1.50. The molecule has 0 saturated heterocycles. The highest BCUT2D eigenvalue weighted by atomic mass is 16.5. The van der Waals surface area contributed by atoms with Crippen LogP contribution in [0.1, 0.15) is 29.3 Å². The summed E-state index contributed by atoms with van der Waals surface area (Å²) in [5, 5.41) is 2.82. The standard InChI is InChI=1S/C13H20N2O2/c1-3-17-8-4-7-15-13(16)11-6-5-10(2)9-12(11)14/h5-6,9H,3-4,7-8,14H2,1-2H3,(H,15,16). The molecule has 0 aliphatic heterocycles. The molecule has 0 spiro atoms. The number of amides is 1. The molecular weight excluding hydrogens is 216 g/mol. The van der Waals surface area contributed by atoms with E-state index < -0.39 is 0 Å². The van der Waals surface area contributed by atoms with Gasteiger partial charge in [0.15, 0.2) is 0 Å². The summed E-state index contributed by atoms with van der Waals surface area (Å²) >= 11 is 0. The second-order valence-electron chi connectivity index (χ2n) is 3.90. The van der Waals surface area contributed by atoms with E-state index in [-0.39, 0.29) is 5.91 Å². The number of carbonyl (C=O) groups is 1. The maximum atomic E-state index is 11.8.